The fraction of sp³-hybridized carbons (Fsp3) is 0.556. The van der Waals surface area contributed by atoms with Gasteiger partial charge in [0.15, 0.2) is 0 Å². The van der Waals surface area contributed by atoms with Gasteiger partial charge in [0.2, 0.25) is 0 Å². The van der Waals surface area contributed by atoms with Crippen LogP contribution in [-0.2, 0) is 4.74 Å². The van der Waals surface area contributed by atoms with Gasteiger partial charge in [0.25, 0.3) is 0 Å². The molecule has 0 aromatic carbocycles. The second-order valence-electron chi connectivity index (χ2n) is 3.10. The van der Waals surface area contributed by atoms with E-state index in [0.29, 0.717) is 6.00 Å². The highest BCUT2D eigenvalue weighted by atomic mass is 35.5. The van der Waals surface area contributed by atoms with Crippen LogP contribution in [0.4, 0.5) is 0 Å². The summed E-state index contributed by atoms with van der Waals surface area (Å²) in [5.41, 5.74) is 1.39. The summed E-state index contributed by atoms with van der Waals surface area (Å²) in [7, 11) is 0. The lowest BCUT2D eigenvalue weighted by atomic mass is 10.0. The Labute approximate surface area is 77.4 Å². The fourth-order valence-corrected chi connectivity index (χ4v) is 1.73. The van der Waals surface area contributed by atoms with Crippen molar-refractivity contribution in [1.82, 2.24) is 4.90 Å². The van der Waals surface area contributed by atoms with Gasteiger partial charge in [0.1, 0.15) is 5.76 Å². The lowest BCUT2D eigenvalue weighted by molar-refractivity contribution is 0.190. The van der Waals surface area contributed by atoms with Gasteiger partial charge in [-0.25, -0.2) is 0 Å². The summed E-state index contributed by atoms with van der Waals surface area (Å²) in [6, 6.07) is 0.563. The topological polar surface area (TPSA) is 12.5 Å². The van der Waals surface area contributed by atoms with Crippen molar-refractivity contribution in [1.29, 1.82) is 0 Å². The van der Waals surface area contributed by atoms with Crippen LogP contribution in [0.3, 0.4) is 0 Å². The maximum Gasteiger partial charge on any atom is 0.121 e. The summed E-state index contributed by atoms with van der Waals surface area (Å²) in [6.07, 6.45) is 6.31. The Bertz CT molecular complexity index is 235. The smallest absolute Gasteiger partial charge is 0.121 e. The van der Waals surface area contributed by atoms with E-state index >= 15 is 0 Å². The highest BCUT2D eigenvalue weighted by Gasteiger charge is 2.17. The van der Waals surface area contributed by atoms with E-state index in [1.54, 1.807) is 0 Å². The van der Waals surface area contributed by atoms with Crippen LogP contribution in [0.2, 0.25) is 0 Å². The molecule has 0 spiro atoms. The van der Waals surface area contributed by atoms with E-state index in [9.17, 15) is 0 Å². The van der Waals surface area contributed by atoms with Crippen molar-refractivity contribution in [3.8, 4) is 0 Å². The van der Waals surface area contributed by atoms with Gasteiger partial charge in [-0.2, -0.15) is 0 Å². The van der Waals surface area contributed by atoms with Gasteiger partial charge in [-0.15, -0.1) is 11.6 Å². The van der Waals surface area contributed by atoms with E-state index in [-0.39, 0.29) is 0 Å². The van der Waals surface area contributed by atoms with Gasteiger partial charge in [-0.05, 0) is 24.5 Å². The predicted molar refractivity (Wildman–Crippen MR) is 48.8 cm³/mol. The normalized spacial score (nSPS) is 22.2. The van der Waals surface area contributed by atoms with Crippen molar-refractivity contribution < 1.29 is 4.74 Å². The Morgan fingerprint density at radius 3 is 3.33 bits per heavy atom. The molecule has 2 aliphatic rings. The Balaban J connectivity index is 2.12. The molecule has 0 aromatic rings. The average molecular weight is 186 g/mol. The zero-order valence-electron chi connectivity index (χ0n) is 6.92. The van der Waals surface area contributed by atoms with Crippen LogP contribution in [0, 0.1) is 0 Å². The molecule has 66 valence electrons. The van der Waals surface area contributed by atoms with Gasteiger partial charge in [0.05, 0.1) is 12.6 Å². The Morgan fingerprint density at radius 1 is 1.58 bits per heavy atom. The molecular formula is C9H12ClNO. The quantitative estimate of drug-likeness (QED) is 0.458. The summed E-state index contributed by atoms with van der Waals surface area (Å²) in [4.78, 5) is 2.08. The highest BCUT2D eigenvalue weighted by Crippen LogP contribution is 2.24. The molecule has 0 fully saturated rings. The number of rotatable bonds is 1. The number of allylic oxidation sites excluding steroid dienone is 1. The van der Waals surface area contributed by atoms with Gasteiger partial charge in [0, 0.05) is 12.7 Å². The maximum absolute atomic E-state index is 5.72. The van der Waals surface area contributed by atoms with E-state index in [0.717, 1.165) is 31.8 Å². The van der Waals surface area contributed by atoms with E-state index < -0.39 is 0 Å². The van der Waals surface area contributed by atoms with E-state index in [1.807, 2.05) is 12.3 Å². The van der Waals surface area contributed by atoms with Crippen LogP contribution in [0.15, 0.2) is 23.6 Å². The maximum atomic E-state index is 5.72. The molecule has 2 nitrogen and oxygen atoms in total. The molecule has 12 heavy (non-hydrogen) atoms. The third-order valence-corrected chi connectivity index (χ3v) is 2.52. The second-order valence-corrected chi connectivity index (χ2v) is 3.34. The predicted octanol–water partition coefficient (Wildman–Crippen LogP) is 2.08. The molecular weight excluding hydrogens is 174 g/mol. The number of halogens is 1. The molecule has 0 amide bonds. The zero-order valence-corrected chi connectivity index (χ0v) is 7.68. The summed E-state index contributed by atoms with van der Waals surface area (Å²) in [5, 5.41) is 0. The fourth-order valence-electron chi connectivity index (χ4n) is 1.57. The van der Waals surface area contributed by atoms with Crippen LogP contribution in [0.25, 0.3) is 0 Å². The lowest BCUT2D eigenvalue weighted by Gasteiger charge is -2.28. The second kappa shape index (κ2) is 3.40. The van der Waals surface area contributed by atoms with Crippen molar-refractivity contribution in [3.63, 3.8) is 0 Å². The van der Waals surface area contributed by atoms with Crippen LogP contribution in [0.1, 0.15) is 12.8 Å². The SMILES string of the molecule is ClCN1C=CC2=C(CCCO2)C1. The largest absolute Gasteiger partial charge is 0.494 e. The van der Waals surface area contributed by atoms with Crippen LogP contribution >= 0.6 is 11.6 Å². The van der Waals surface area contributed by atoms with Crippen molar-refractivity contribution in [2.24, 2.45) is 0 Å². The average Bonchev–Trinajstić information content (AvgIpc) is 2.17. The first-order valence-corrected chi connectivity index (χ1v) is 4.76. The monoisotopic (exact) mass is 185 g/mol. The number of ether oxygens (including phenoxy) is 1. The van der Waals surface area contributed by atoms with Gasteiger partial charge < -0.3 is 9.64 Å². The molecule has 0 unspecified atom stereocenters. The van der Waals surface area contributed by atoms with E-state index in [2.05, 4.69) is 4.90 Å². The molecule has 2 rings (SSSR count). The van der Waals surface area contributed by atoms with Gasteiger partial charge >= 0.3 is 0 Å². The molecule has 0 saturated carbocycles. The Hall–Kier alpha value is -0.630. The van der Waals surface area contributed by atoms with Crippen LogP contribution in [-0.4, -0.2) is 24.1 Å². The first kappa shape index (κ1) is 7.99. The zero-order chi connectivity index (χ0) is 8.39. The standard InChI is InChI=1S/C9H12ClNO/c10-7-11-4-3-9-8(6-11)2-1-5-12-9/h3-4H,1-2,5-7H2. The van der Waals surface area contributed by atoms with Crippen LogP contribution < -0.4 is 0 Å². The number of hydrogen-bond donors (Lipinski definition) is 0. The van der Waals surface area contributed by atoms with Gasteiger partial charge in [-0.1, -0.05) is 0 Å². The third kappa shape index (κ3) is 1.44. The highest BCUT2D eigenvalue weighted by molar-refractivity contribution is 6.17. The van der Waals surface area contributed by atoms with E-state index in [1.165, 1.54) is 5.57 Å². The number of alkyl halides is 1. The lowest BCUT2D eigenvalue weighted by Crippen LogP contribution is -2.24. The number of hydrogen-bond acceptors (Lipinski definition) is 2. The van der Waals surface area contributed by atoms with Crippen molar-refractivity contribution in [2.45, 2.75) is 12.8 Å². The molecule has 0 aromatic heterocycles. The number of nitrogens with zero attached hydrogens (tertiary/aromatic N) is 1. The molecule has 2 heterocycles. The van der Waals surface area contributed by atoms with E-state index in [4.69, 9.17) is 16.3 Å². The minimum atomic E-state index is 0.563. The summed E-state index contributed by atoms with van der Waals surface area (Å²) >= 11 is 5.72. The van der Waals surface area contributed by atoms with Crippen molar-refractivity contribution in [2.75, 3.05) is 19.2 Å². The molecule has 0 bridgehead atoms. The summed E-state index contributed by atoms with van der Waals surface area (Å²) in [5.74, 6) is 1.07. The minimum Gasteiger partial charge on any atom is -0.494 e. The molecule has 0 atom stereocenters. The first-order valence-electron chi connectivity index (χ1n) is 4.23. The molecule has 0 saturated heterocycles. The molecule has 0 aliphatic carbocycles. The first-order chi connectivity index (χ1) is 5.90. The summed E-state index contributed by atoms with van der Waals surface area (Å²) < 4.78 is 5.50. The Morgan fingerprint density at radius 2 is 2.50 bits per heavy atom. The molecule has 0 radical (unpaired) electrons. The van der Waals surface area contributed by atoms with Crippen LogP contribution in [0.5, 0.6) is 0 Å². The molecule has 2 aliphatic heterocycles. The molecule has 3 heteroatoms. The van der Waals surface area contributed by atoms with Gasteiger partial charge in [-0.3, -0.25) is 0 Å². The Kier molecular flexibility index (Phi) is 2.26. The molecule has 0 N–H and O–H groups in total. The summed E-state index contributed by atoms with van der Waals surface area (Å²) in [6.45, 7) is 1.80. The minimum absolute atomic E-state index is 0.563. The van der Waals surface area contributed by atoms with Crippen molar-refractivity contribution >= 4 is 11.6 Å². The third-order valence-electron chi connectivity index (χ3n) is 2.21. The van der Waals surface area contributed by atoms with Crippen molar-refractivity contribution in [3.05, 3.63) is 23.6 Å².